The number of aromatic nitrogens is 2. The van der Waals surface area contributed by atoms with Crippen molar-refractivity contribution in [2.75, 3.05) is 32.6 Å². The second kappa shape index (κ2) is 9.17. The van der Waals surface area contributed by atoms with Crippen LogP contribution in [0, 0.1) is 6.92 Å². The van der Waals surface area contributed by atoms with Crippen molar-refractivity contribution < 1.29 is 24.2 Å². The zero-order valence-electron chi connectivity index (χ0n) is 18.5. The van der Waals surface area contributed by atoms with Gasteiger partial charge in [0, 0.05) is 35.6 Å². The Morgan fingerprint density at radius 1 is 1.33 bits per heavy atom. The highest BCUT2D eigenvalue weighted by atomic mass is 16.5. The lowest BCUT2D eigenvalue weighted by molar-refractivity contribution is -0.134. The number of Topliss-reactive ketones (excluding diaryl/α,β-unsaturated/α-hetero) is 1. The van der Waals surface area contributed by atoms with Crippen molar-refractivity contribution in [3.8, 4) is 5.75 Å². The lowest BCUT2D eigenvalue weighted by atomic mass is 10.1. The number of likely N-dealkylation sites (N-methyl/N-ethyl adjacent to an activating group) is 1. The van der Waals surface area contributed by atoms with Crippen LogP contribution in [0.2, 0.25) is 0 Å². The Labute approximate surface area is 190 Å². The summed E-state index contributed by atoms with van der Waals surface area (Å²) in [4.78, 5) is 33.9. The summed E-state index contributed by atoms with van der Waals surface area (Å²) >= 11 is 0. The molecule has 0 saturated heterocycles. The molecule has 0 atom stereocenters. The molecule has 0 amide bonds. The minimum absolute atomic E-state index is 0.0825. The number of benzene rings is 1. The third-order valence-electron chi connectivity index (χ3n) is 5.13. The van der Waals surface area contributed by atoms with Gasteiger partial charge in [0.05, 0.1) is 0 Å². The van der Waals surface area contributed by atoms with Gasteiger partial charge in [-0.3, -0.25) is 4.79 Å². The number of pyridine rings is 1. The fourth-order valence-electron chi connectivity index (χ4n) is 3.38. The van der Waals surface area contributed by atoms with Crippen LogP contribution in [0.15, 0.2) is 59.9 Å². The van der Waals surface area contributed by atoms with Crippen LogP contribution in [0.5, 0.6) is 5.75 Å². The van der Waals surface area contributed by atoms with Crippen LogP contribution < -0.4 is 10.1 Å². The number of ether oxygens (including phenoxy) is 2. The van der Waals surface area contributed by atoms with Crippen molar-refractivity contribution in [3.05, 3.63) is 71.1 Å². The SMILES string of the molecule is Cc1cc(OCCN(C)C)ccc1NC1=C(C(=O)O)C(=O)C(=Cc2c[nH]c3ncccc23)O1. The lowest BCUT2D eigenvalue weighted by Crippen LogP contribution is -2.19. The molecular formula is C24H24N4O5. The number of fused-ring (bicyclic) bond motifs is 1. The van der Waals surface area contributed by atoms with Crippen molar-refractivity contribution in [1.29, 1.82) is 0 Å². The molecule has 9 nitrogen and oxygen atoms in total. The summed E-state index contributed by atoms with van der Waals surface area (Å²) in [6, 6.07) is 9.00. The number of nitrogens with one attached hydrogen (secondary N) is 2. The number of carbonyl (C=O) groups excluding carboxylic acids is 1. The Kier molecular flexibility index (Phi) is 6.14. The van der Waals surface area contributed by atoms with Crippen molar-refractivity contribution in [3.63, 3.8) is 0 Å². The third-order valence-corrected chi connectivity index (χ3v) is 5.13. The number of H-pyrrole nitrogens is 1. The third kappa shape index (κ3) is 4.73. The number of aliphatic carboxylic acids is 1. The first kappa shape index (κ1) is 22.1. The molecule has 3 heterocycles. The van der Waals surface area contributed by atoms with E-state index in [1.165, 1.54) is 6.08 Å². The molecule has 1 aliphatic heterocycles. The lowest BCUT2D eigenvalue weighted by Gasteiger charge is -2.14. The number of hydrogen-bond acceptors (Lipinski definition) is 7. The van der Waals surface area contributed by atoms with E-state index in [4.69, 9.17) is 9.47 Å². The van der Waals surface area contributed by atoms with Crippen LogP contribution in [-0.4, -0.2) is 59.0 Å². The van der Waals surface area contributed by atoms with E-state index in [1.807, 2.05) is 38.1 Å². The summed E-state index contributed by atoms with van der Waals surface area (Å²) in [5.74, 6) is -1.58. The van der Waals surface area contributed by atoms with Crippen LogP contribution in [0.3, 0.4) is 0 Å². The van der Waals surface area contributed by atoms with E-state index < -0.39 is 17.3 Å². The first-order chi connectivity index (χ1) is 15.8. The first-order valence-corrected chi connectivity index (χ1v) is 10.3. The maximum atomic E-state index is 12.8. The molecule has 0 saturated carbocycles. The largest absolute Gasteiger partial charge is 0.492 e. The first-order valence-electron chi connectivity index (χ1n) is 10.3. The highest BCUT2D eigenvalue weighted by molar-refractivity contribution is 6.26. The van der Waals surface area contributed by atoms with Crippen LogP contribution in [0.1, 0.15) is 11.1 Å². The zero-order valence-corrected chi connectivity index (χ0v) is 18.5. The van der Waals surface area contributed by atoms with Gasteiger partial charge in [-0.2, -0.15) is 0 Å². The number of carboxylic acid groups (broad SMARTS) is 1. The van der Waals surface area contributed by atoms with Gasteiger partial charge in [0.15, 0.2) is 11.3 Å². The molecule has 2 aromatic heterocycles. The van der Waals surface area contributed by atoms with Crippen molar-refractivity contribution in [2.45, 2.75) is 6.92 Å². The summed E-state index contributed by atoms with van der Waals surface area (Å²) in [5, 5.41) is 13.4. The number of allylic oxidation sites excluding steroid dienone is 1. The quantitative estimate of drug-likeness (QED) is 0.355. The van der Waals surface area contributed by atoms with E-state index in [0.717, 1.165) is 17.5 Å². The van der Waals surface area contributed by atoms with Gasteiger partial charge in [-0.05, 0) is 63.0 Å². The monoisotopic (exact) mass is 448 g/mol. The summed E-state index contributed by atoms with van der Waals surface area (Å²) in [6.45, 7) is 3.18. The normalized spacial score (nSPS) is 14.9. The number of rotatable bonds is 8. The van der Waals surface area contributed by atoms with Gasteiger partial charge in [0.25, 0.3) is 0 Å². The minimum atomic E-state index is -1.37. The molecule has 0 aliphatic carbocycles. The van der Waals surface area contributed by atoms with Crippen LogP contribution in [0.25, 0.3) is 17.1 Å². The number of aryl methyl sites for hydroxylation is 1. The summed E-state index contributed by atoms with van der Waals surface area (Å²) < 4.78 is 11.4. The predicted molar refractivity (Wildman–Crippen MR) is 124 cm³/mol. The molecule has 0 spiro atoms. The summed E-state index contributed by atoms with van der Waals surface area (Å²) in [5.41, 5.74) is 2.29. The number of carboxylic acids is 1. The fourth-order valence-corrected chi connectivity index (χ4v) is 3.38. The van der Waals surface area contributed by atoms with E-state index in [1.54, 1.807) is 30.6 Å². The maximum absolute atomic E-state index is 12.8. The van der Waals surface area contributed by atoms with Crippen LogP contribution in [0.4, 0.5) is 5.69 Å². The van der Waals surface area contributed by atoms with Gasteiger partial charge < -0.3 is 29.8 Å². The van der Waals surface area contributed by atoms with Crippen molar-refractivity contribution in [2.24, 2.45) is 0 Å². The number of aromatic amines is 1. The molecular weight excluding hydrogens is 424 g/mol. The Morgan fingerprint density at radius 3 is 2.88 bits per heavy atom. The van der Waals surface area contributed by atoms with Gasteiger partial charge in [0.1, 0.15) is 18.0 Å². The maximum Gasteiger partial charge on any atom is 0.345 e. The smallest absolute Gasteiger partial charge is 0.345 e. The van der Waals surface area contributed by atoms with E-state index in [9.17, 15) is 14.7 Å². The molecule has 3 aromatic rings. The molecule has 1 aromatic carbocycles. The molecule has 170 valence electrons. The molecule has 4 rings (SSSR count). The molecule has 1 aliphatic rings. The molecule has 9 heteroatoms. The van der Waals surface area contributed by atoms with E-state index in [0.29, 0.717) is 29.3 Å². The molecule has 0 bridgehead atoms. The van der Waals surface area contributed by atoms with Crippen LogP contribution in [-0.2, 0) is 14.3 Å². The number of nitrogens with zero attached hydrogens (tertiary/aromatic N) is 2. The Balaban J connectivity index is 1.56. The van der Waals surface area contributed by atoms with Gasteiger partial charge in [-0.1, -0.05) is 0 Å². The molecule has 33 heavy (non-hydrogen) atoms. The topological polar surface area (TPSA) is 117 Å². The second-order valence-corrected chi connectivity index (χ2v) is 7.85. The highest BCUT2D eigenvalue weighted by Gasteiger charge is 2.36. The van der Waals surface area contributed by atoms with Gasteiger partial charge in [0.2, 0.25) is 11.7 Å². The van der Waals surface area contributed by atoms with Crippen LogP contribution >= 0.6 is 0 Å². The van der Waals surface area contributed by atoms with E-state index >= 15 is 0 Å². The molecule has 3 N–H and O–H groups in total. The van der Waals surface area contributed by atoms with Gasteiger partial charge in [-0.15, -0.1) is 0 Å². The van der Waals surface area contributed by atoms with E-state index in [-0.39, 0.29) is 11.6 Å². The minimum Gasteiger partial charge on any atom is -0.492 e. The van der Waals surface area contributed by atoms with E-state index in [2.05, 4.69) is 15.3 Å². The summed E-state index contributed by atoms with van der Waals surface area (Å²) in [6.07, 6.45) is 4.85. The average molecular weight is 448 g/mol. The molecule has 0 fully saturated rings. The fraction of sp³-hybridized carbons (Fsp3) is 0.208. The Bertz CT molecular complexity index is 1290. The van der Waals surface area contributed by atoms with Crippen molar-refractivity contribution >= 4 is 34.5 Å². The summed E-state index contributed by atoms with van der Waals surface area (Å²) in [7, 11) is 3.94. The number of ketones is 1. The van der Waals surface area contributed by atoms with Crippen molar-refractivity contribution in [1.82, 2.24) is 14.9 Å². The number of carbonyl (C=O) groups is 2. The van der Waals surface area contributed by atoms with Gasteiger partial charge in [-0.25, -0.2) is 9.78 Å². The Hall–Kier alpha value is -4.11. The average Bonchev–Trinajstić information content (AvgIpc) is 3.31. The molecule has 0 radical (unpaired) electrons. The Morgan fingerprint density at radius 2 is 2.15 bits per heavy atom. The number of anilines is 1. The molecule has 0 unspecified atom stereocenters. The second-order valence-electron chi connectivity index (χ2n) is 7.85. The predicted octanol–water partition coefficient (Wildman–Crippen LogP) is 3.16. The standard InChI is InChI=1S/C24H24N4O5/c1-14-11-16(32-10-9-28(2)3)6-7-18(14)27-23-20(24(30)31)21(29)19(33-23)12-15-13-26-22-17(15)5-4-8-25-22/h4-8,11-13,27H,9-10H2,1-3H3,(H,25,26)(H,30,31). The number of hydrogen-bond donors (Lipinski definition) is 3. The van der Waals surface area contributed by atoms with Gasteiger partial charge >= 0.3 is 5.97 Å². The highest BCUT2D eigenvalue weighted by Crippen LogP contribution is 2.31. The zero-order chi connectivity index (χ0) is 23.5.